The van der Waals surface area contributed by atoms with Gasteiger partial charge in [-0.25, -0.2) is 0 Å². The van der Waals surface area contributed by atoms with Crippen LogP contribution in [-0.2, 0) is 22.6 Å². The highest BCUT2D eigenvalue weighted by Crippen LogP contribution is 2.21. The van der Waals surface area contributed by atoms with Crippen molar-refractivity contribution in [3.05, 3.63) is 101 Å². The molecule has 0 amide bonds. The first kappa shape index (κ1) is 24.7. The van der Waals surface area contributed by atoms with Gasteiger partial charge in [-0.3, -0.25) is 14.5 Å². The average molecular weight is 471 g/mol. The number of ether oxygens (including phenoxy) is 1. The van der Waals surface area contributed by atoms with Crippen molar-refractivity contribution in [2.75, 3.05) is 13.2 Å². The van der Waals surface area contributed by atoms with Crippen molar-refractivity contribution in [2.45, 2.75) is 52.2 Å². The number of likely N-dealkylation sites (tertiary alicyclic amines) is 1. The molecule has 4 rings (SSSR count). The predicted molar refractivity (Wildman–Crippen MR) is 139 cm³/mol. The van der Waals surface area contributed by atoms with Gasteiger partial charge in [0, 0.05) is 24.8 Å². The van der Waals surface area contributed by atoms with E-state index < -0.39 is 0 Å². The fourth-order valence-corrected chi connectivity index (χ4v) is 4.65. The maximum Gasteiger partial charge on any atom is 0.323 e. The Morgan fingerprint density at radius 3 is 2.69 bits per heavy atom. The number of allylic oxidation sites excluding steroid dienone is 1. The van der Waals surface area contributed by atoms with E-state index in [0.717, 1.165) is 43.5 Å². The molecule has 0 radical (unpaired) electrons. The summed E-state index contributed by atoms with van der Waals surface area (Å²) in [5, 5.41) is 0. The average Bonchev–Trinajstić information content (AvgIpc) is 3.33. The third-order valence-electron chi connectivity index (χ3n) is 6.50. The minimum atomic E-state index is -0.152. The standard InChI is InChI=1S/C30H34N2O3/c1-3-35-30(34)28-12-4-5-18-32(28)22-25-10-6-9-24(21-25)11-7-19-31-20-8-13-27(31)29(33)26-16-14-23(2)15-17-26/h6-11,13-17,20-21,28H,3-5,12,18-19,22H2,1-2H3/b11-7+. The first-order chi connectivity index (χ1) is 17.0. The van der Waals surface area contributed by atoms with Crippen LogP contribution in [-0.4, -0.2) is 40.4 Å². The van der Waals surface area contributed by atoms with Crippen molar-refractivity contribution in [1.29, 1.82) is 0 Å². The largest absolute Gasteiger partial charge is 0.465 e. The zero-order valence-electron chi connectivity index (χ0n) is 20.7. The molecule has 1 saturated heterocycles. The van der Waals surface area contributed by atoms with Crippen LogP contribution in [0.5, 0.6) is 0 Å². The topological polar surface area (TPSA) is 51.5 Å². The molecule has 182 valence electrons. The number of hydrogen-bond donors (Lipinski definition) is 0. The van der Waals surface area contributed by atoms with Crippen LogP contribution in [0.2, 0.25) is 0 Å². The second-order valence-corrected chi connectivity index (χ2v) is 9.12. The summed E-state index contributed by atoms with van der Waals surface area (Å²) in [5.74, 6) is -0.0750. The van der Waals surface area contributed by atoms with E-state index in [-0.39, 0.29) is 17.8 Å². The van der Waals surface area contributed by atoms with Gasteiger partial charge in [-0.15, -0.1) is 0 Å². The van der Waals surface area contributed by atoms with Gasteiger partial charge < -0.3 is 9.30 Å². The molecule has 0 N–H and O–H groups in total. The third-order valence-corrected chi connectivity index (χ3v) is 6.50. The molecule has 5 heteroatoms. The SMILES string of the molecule is CCOC(=O)C1CCCCN1Cc1cccc(/C=C/Cn2cccc2C(=O)c2ccc(C)cc2)c1. The monoisotopic (exact) mass is 470 g/mol. The van der Waals surface area contributed by atoms with Crippen LogP contribution < -0.4 is 0 Å². The van der Waals surface area contributed by atoms with E-state index in [1.165, 1.54) is 5.56 Å². The molecule has 1 unspecified atom stereocenters. The van der Waals surface area contributed by atoms with Gasteiger partial charge in [0.15, 0.2) is 0 Å². The number of carbonyl (C=O) groups excluding carboxylic acids is 2. The Balaban J connectivity index is 1.41. The number of carbonyl (C=O) groups is 2. The van der Waals surface area contributed by atoms with Crippen LogP contribution in [0.4, 0.5) is 0 Å². The lowest BCUT2D eigenvalue weighted by Gasteiger charge is -2.34. The Hall–Kier alpha value is -3.44. The van der Waals surface area contributed by atoms with Crippen molar-refractivity contribution in [2.24, 2.45) is 0 Å². The van der Waals surface area contributed by atoms with Crippen molar-refractivity contribution in [1.82, 2.24) is 9.47 Å². The lowest BCUT2D eigenvalue weighted by atomic mass is 10.0. The van der Waals surface area contributed by atoms with E-state index in [4.69, 9.17) is 4.74 Å². The smallest absolute Gasteiger partial charge is 0.323 e. The van der Waals surface area contributed by atoms with E-state index in [1.807, 2.05) is 61.0 Å². The number of aromatic nitrogens is 1. The Labute approximate surface area is 208 Å². The van der Waals surface area contributed by atoms with Crippen molar-refractivity contribution < 1.29 is 14.3 Å². The second kappa shape index (κ2) is 11.8. The molecular formula is C30H34N2O3. The molecule has 3 aromatic rings. The third kappa shape index (κ3) is 6.37. The van der Waals surface area contributed by atoms with Crippen LogP contribution in [0.1, 0.15) is 58.9 Å². The Morgan fingerprint density at radius 1 is 1.06 bits per heavy atom. The molecule has 0 aliphatic carbocycles. The fourth-order valence-electron chi connectivity index (χ4n) is 4.65. The molecule has 1 atom stereocenters. The van der Waals surface area contributed by atoms with Gasteiger partial charge in [-0.2, -0.15) is 0 Å². The minimum Gasteiger partial charge on any atom is -0.465 e. The minimum absolute atomic E-state index is 0.0306. The molecule has 1 aliphatic heterocycles. The molecule has 35 heavy (non-hydrogen) atoms. The molecule has 1 aliphatic rings. The van der Waals surface area contributed by atoms with Crippen LogP contribution >= 0.6 is 0 Å². The van der Waals surface area contributed by atoms with Gasteiger partial charge in [0.05, 0.1) is 12.3 Å². The molecular weight excluding hydrogens is 436 g/mol. The number of rotatable bonds is 9. The number of benzene rings is 2. The second-order valence-electron chi connectivity index (χ2n) is 9.12. The highest BCUT2D eigenvalue weighted by molar-refractivity contribution is 6.08. The van der Waals surface area contributed by atoms with E-state index >= 15 is 0 Å². The van der Waals surface area contributed by atoms with Crippen molar-refractivity contribution >= 4 is 17.8 Å². The Morgan fingerprint density at radius 2 is 1.89 bits per heavy atom. The molecule has 2 aromatic carbocycles. The summed E-state index contributed by atoms with van der Waals surface area (Å²) in [6, 6.07) is 19.7. The van der Waals surface area contributed by atoms with Crippen LogP contribution in [0.3, 0.4) is 0 Å². The molecule has 1 aromatic heterocycles. The Kier molecular flexibility index (Phi) is 8.32. The normalized spacial score (nSPS) is 16.5. The molecule has 5 nitrogen and oxygen atoms in total. The molecule has 1 fully saturated rings. The summed E-state index contributed by atoms with van der Waals surface area (Å²) in [5.41, 5.74) is 4.80. The van der Waals surface area contributed by atoms with Crippen LogP contribution in [0.15, 0.2) is 72.9 Å². The summed E-state index contributed by atoms with van der Waals surface area (Å²) in [6.45, 7) is 6.55. The fraction of sp³-hybridized carbons (Fsp3) is 0.333. The number of ketones is 1. The van der Waals surface area contributed by atoms with E-state index in [9.17, 15) is 9.59 Å². The highest BCUT2D eigenvalue weighted by Gasteiger charge is 2.29. The summed E-state index contributed by atoms with van der Waals surface area (Å²) >= 11 is 0. The van der Waals surface area contributed by atoms with Crippen molar-refractivity contribution in [3.63, 3.8) is 0 Å². The zero-order chi connectivity index (χ0) is 24.6. The molecule has 0 bridgehead atoms. The summed E-state index contributed by atoms with van der Waals surface area (Å²) in [4.78, 5) is 27.6. The van der Waals surface area contributed by atoms with Gasteiger partial charge in [-0.05, 0) is 56.5 Å². The quantitative estimate of drug-likeness (QED) is 0.299. The molecule has 0 spiro atoms. The number of nitrogens with zero attached hydrogens (tertiary/aromatic N) is 2. The lowest BCUT2D eigenvalue weighted by Crippen LogP contribution is -2.44. The van der Waals surface area contributed by atoms with Gasteiger partial charge in [-0.1, -0.05) is 72.7 Å². The van der Waals surface area contributed by atoms with Gasteiger partial charge in [0.1, 0.15) is 6.04 Å². The van der Waals surface area contributed by atoms with E-state index in [0.29, 0.717) is 24.4 Å². The molecule has 0 saturated carbocycles. The highest BCUT2D eigenvalue weighted by atomic mass is 16.5. The van der Waals surface area contributed by atoms with E-state index in [2.05, 4.69) is 41.3 Å². The van der Waals surface area contributed by atoms with Gasteiger partial charge in [0.2, 0.25) is 5.78 Å². The number of aryl methyl sites for hydroxylation is 1. The Bertz CT molecular complexity index is 1180. The zero-order valence-corrected chi connectivity index (χ0v) is 20.7. The van der Waals surface area contributed by atoms with Crippen LogP contribution in [0.25, 0.3) is 6.08 Å². The summed E-state index contributed by atoms with van der Waals surface area (Å²) < 4.78 is 7.28. The number of esters is 1. The maximum atomic E-state index is 12.9. The summed E-state index contributed by atoms with van der Waals surface area (Å²) in [7, 11) is 0. The van der Waals surface area contributed by atoms with Crippen LogP contribution in [0, 0.1) is 6.92 Å². The van der Waals surface area contributed by atoms with E-state index in [1.54, 1.807) is 0 Å². The lowest BCUT2D eigenvalue weighted by molar-refractivity contribution is -0.151. The number of piperidine rings is 1. The van der Waals surface area contributed by atoms with Gasteiger partial charge in [0.25, 0.3) is 0 Å². The van der Waals surface area contributed by atoms with Gasteiger partial charge >= 0.3 is 5.97 Å². The van der Waals surface area contributed by atoms with Crippen molar-refractivity contribution in [3.8, 4) is 0 Å². The first-order valence-corrected chi connectivity index (χ1v) is 12.5. The maximum absolute atomic E-state index is 12.9. The molecule has 2 heterocycles. The summed E-state index contributed by atoms with van der Waals surface area (Å²) in [6.07, 6.45) is 9.13. The predicted octanol–water partition coefficient (Wildman–Crippen LogP) is 5.66. The number of hydrogen-bond acceptors (Lipinski definition) is 4. The first-order valence-electron chi connectivity index (χ1n) is 12.5.